The van der Waals surface area contributed by atoms with E-state index in [1.54, 1.807) is 11.8 Å². The van der Waals surface area contributed by atoms with E-state index in [-0.39, 0.29) is 12.0 Å². The van der Waals surface area contributed by atoms with Gasteiger partial charge in [-0.25, -0.2) is 4.79 Å². The van der Waals surface area contributed by atoms with Gasteiger partial charge in [-0.2, -0.15) is 0 Å². The molecule has 1 aliphatic rings. The minimum absolute atomic E-state index is 0.0174. The van der Waals surface area contributed by atoms with E-state index in [9.17, 15) is 9.59 Å². The van der Waals surface area contributed by atoms with Crippen molar-refractivity contribution in [3.05, 3.63) is 0 Å². The van der Waals surface area contributed by atoms with Crippen molar-refractivity contribution < 1.29 is 19.4 Å². The predicted molar refractivity (Wildman–Crippen MR) is 67.3 cm³/mol. The first-order chi connectivity index (χ1) is 8.20. The lowest BCUT2D eigenvalue weighted by Gasteiger charge is -2.35. The number of piperidine rings is 1. The minimum Gasteiger partial charge on any atom is -0.481 e. The molecule has 18 heavy (non-hydrogen) atoms. The topological polar surface area (TPSA) is 66.8 Å². The lowest BCUT2D eigenvalue weighted by atomic mass is 9.87. The lowest BCUT2D eigenvalue weighted by molar-refractivity contribution is -0.143. The number of ether oxygens (including phenoxy) is 1. The summed E-state index contributed by atoms with van der Waals surface area (Å²) in [6, 6.07) is 0. The Balaban J connectivity index is 2.58. The first-order valence-electron chi connectivity index (χ1n) is 6.41. The molecule has 1 aliphatic heterocycles. The van der Waals surface area contributed by atoms with Gasteiger partial charge in [0.25, 0.3) is 0 Å². The molecule has 1 rings (SSSR count). The molecule has 104 valence electrons. The van der Waals surface area contributed by atoms with E-state index in [1.807, 2.05) is 20.8 Å². The van der Waals surface area contributed by atoms with Crippen LogP contribution in [0, 0.1) is 11.8 Å². The van der Waals surface area contributed by atoms with Crippen LogP contribution in [0.25, 0.3) is 0 Å². The standard InChI is InChI=1S/C13H23NO4/c1-9(11(15)16)10-6-5-7-14(8-10)12(17)18-13(2,3)4/h9-10H,5-8H2,1-4H3,(H,15,16)/t9-,10-/m0/s1. The van der Waals surface area contributed by atoms with Crippen molar-refractivity contribution in [2.75, 3.05) is 13.1 Å². The van der Waals surface area contributed by atoms with Gasteiger partial charge < -0.3 is 14.7 Å². The van der Waals surface area contributed by atoms with Crippen molar-refractivity contribution in [1.82, 2.24) is 4.90 Å². The van der Waals surface area contributed by atoms with Crippen molar-refractivity contribution in [2.24, 2.45) is 11.8 Å². The molecule has 0 unspecified atom stereocenters. The highest BCUT2D eigenvalue weighted by Gasteiger charge is 2.32. The molecule has 1 N–H and O–H groups in total. The highest BCUT2D eigenvalue weighted by Crippen LogP contribution is 2.25. The molecule has 0 aromatic carbocycles. The summed E-state index contributed by atoms with van der Waals surface area (Å²) in [7, 11) is 0. The zero-order chi connectivity index (χ0) is 13.9. The maximum Gasteiger partial charge on any atom is 0.410 e. The molecule has 5 heteroatoms. The second-order valence-electron chi connectivity index (χ2n) is 5.96. The number of carbonyl (C=O) groups is 2. The second-order valence-corrected chi connectivity index (χ2v) is 5.96. The van der Waals surface area contributed by atoms with Crippen LogP contribution in [0.2, 0.25) is 0 Å². The lowest BCUT2D eigenvalue weighted by Crippen LogP contribution is -2.45. The van der Waals surface area contributed by atoms with Crippen molar-refractivity contribution in [3.8, 4) is 0 Å². The summed E-state index contributed by atoms with van der Waals surface area (Å²) in [4.78, 5) is 24.5. The van der Waals surface area contributed by atoms with Gasteiger partial charge in [0.05, 0.1) is 5.92 Å². The van der Waals surface area contributed by atoms with Crippen LogP contribution < -0.4 is 0 Å². The molecule has 0 radical (unpaired) electrons. The van der Waals surface area contributed by atoms with Gasteiger partial charge in [-0.15, -0.1) is 0 Å². The molecular weight excluding hydrogens is 234 g/mol. The number of carboxylic acids is 1. The van der Waals surface area contributed by atoms with Crippen molar-refractivity contribution in [1.29, 1.82) is 0 Å². The SMILES string of the molecule is C[C@H](C(=O)O)[C@H]1CCCN(C(=O)OC(C)(C)C)C1. The Hall–Kier alpha value is -1.26. The summed E-state index contributed by atoms with van der Waals surface area (Å²) in [5.41, 5.74) is -0.511. The predicted octanol–water partition coefficient (Wildman–Crippen LogP) is 2.35. The average molecular weight is 257 g/mol. The summed E-state index contributed by atoms with van der Waals surface area (Å²) in [6.07, 6.45) is 1.35. The molecule has 0 saturated carbocycles. The maximum absolute atomic E-state index is 11.9. The van der Waals surface area contributed by atoms with E-state index in [0.717, 1.165) is 12.8 Å². The quantitative estimate of drug-likeness (QED) is 0.824. The van der Waals surface area contributed by atoms with Gasteiger partial charge in [0.2, 0.25) is 0 Å². The van der Waals surface area contributed by atoms with Crippen LogP contribution in [0.15, 0.2) is 0 Å². The minimum atomic E-state index is -0.800. The van der Waals surface area contributed by atoms with E-state index in [1.165, 1.54) is 0 Å². The van der Waals surface area contributed by atoms with Crippen molar-refractivity contribution >= 4 is 12.1 Å². The third kappa shape index (κ3) is 4.20. The number of nitrogens with zero attached hydrogens (tertiary/aromatic N) is 1. The molecule has 5 nitrogen and oxygen atoms in total. The van der Waals surface area contributed by atoms with Crippen LogP contribution in [0.1, 0.15) is 40.5 Å². The molecule has 1 fully saturated rings. The van der Waals surface area contributed by atoms with Crippen LogP contribution in [0.3, 0.4) is 0 Å². The smallest absolute Gasteiger partial charge is 0.410 e. The molecule has 0 aromatic rings. The highest BCUT2D eigenvalue weighted by atomic mass is 16.6. The van der Waals surface area contributed by atoms with E-state index in [0.29, 0.717) is 13.1 Å². The van der Waals surface area contributed by atoms with Crippen LogP contribution >= 0.6 is 0 Å². The first kappa shape index (κ1) is 14.8. The fourth-order valence-electron chi connectivity index (χ4n) is 2.11. The van der Waals surface area contributed by atoms with Crippen molar-refractivity contribution in [3.63, 3.8) is 0 Å². The van der Waals surface area contributed by atoms with Gasteiger partial charge in [-0.3, -0.25) is 4.79 Å². The first-order valence-corrected chi connectivity index (χ1v) is 6.41. The summed E-state index contributed by atoms with van der Waals surface area (Å²) in [5.74, 6) is -1.20. The molecule has 0 bridgehead atoms. The fourth-order valence-corrected chi connectivity index (χ4v) is 2.11. The third-order valence-electron chi connectivity index (χ3n) is 3.21. The van der Waals surface area contributed by atoms with Gasteiger partial charge in [0.15, 0.2) is 0 Å². The van der Waals surface area contributed by atoms with Crippen molar-refractivity contribution in [2.45, 2.75) is 46.1 Å². The third-order valence-corrected chi connectivity index (χ3v) is 3.21. The Bertz CT molecular complexity index is 321. The molecule has 1 heterocycles. The molecule has 1 amide bonds. The normalized spacial score (nSPS) is 22.4. The zero-order valence-electron chi connectivity index (χ0n) is 11.6. The molecular formula is C13H23NO4. The summed E-state index contributed by atoms with van der Waals surface area (Å²) in [6.45, 7) is 8.30. The van der Waals surface area contributed by atoms with Crippen LogP contribution in [0.5, 0.6) is 0 Å². The number of hydrogen-bond acceptors (Lipinski definition) is 3. The number of likely N-dealkylation sites (tertiary alicyclic amines) is 1. The highest BCUT2D eigenvalue weighted by molar-refractivity contribution is 5.71. The average Bonchev–Trinajstić information content (AvgIpc) is 2.25. The van der Waals surface area contributed by atoms with Gasteiger partial charge >= 0.3 is 12.1 Å². The monoisotopic (exact) mass is 257 g/mol. The van der Waals surface area contributed by atoms with E-state index in [4.69, 9.17) is 9.84 Å². The van der Waals surface area contributed by atoms with Gasteiger partial charge in [-0.1, -0.05) is 6.92 Å². The van der Waals surface area contributed by atoms with Crippen LogP contribution in [-0.2, 0) is 9.53 Å². The molecule has 2 atom stereocenters. The number of carbonyl (C=O) groups excluding carboxylic acids is 1. The van der Waals surface area contributed by atoms with Gasteiger partial charge in [0, 0.05) is 13.1 Å². The number of aliphatic carboxylic acids is 1. The Kier molecular flexibility index (Phi) is 4.59. The maximum atomic E-state index is 11.9. The number of amides is 1. The molecule has 0 spiro atoms. The fraction of sp³-hybridized carbons (Fsp3) is 0.846. The van der Waals surface area contributed by atoms with E-state index < -0.39 is 17.5 Å². The van der Waals surface area contributed by atoms with E-state index >= 15 is 0 Å². The second kappa shape index (κ2) is 5.59. The number of hydrogen-bond donors (Lipinski definition) is 1. The van der Waals surface area contributed by atoms with Crippen LogP contribution in [-0.4, -0.2) is 40.8 Å². The molecule has 0 aliphatic carbocycles. The summed E-state index contributed by atoms with van der Waals surface area (Å²) >= 11 is 0. The Morgan fingerprint density at radius 3 is 2.50 bits per heavy atom. The summed E-state index contributed by atoms with van der Waals surface area (Å²) in [5, 5.41) is 9.01. The molecule has 1 saturated heterocycles. The number of rotatable bonds is 2. The number of carboxylic acid groups (broad SMARTS) is 1. The Morgan fingerprint density at radius 1 is 1.39 bits per heavy atom. The van der Waals surface area contributed by atoms with Gasteiger partial charge in [0.1, 0.15) is 5.60 Å². The van der Waals surface area contributed by atoms with E-state index in [2.05, 4.69) is 0 Å². The van der Waals surface area contributed by atoms with Crippen LogP contribution in [0.4, 0.5) is 4.79 Å². The Labute approximate surface area is 108 Å². The largest absolute Gasteiger partial charge is 0.481 e. The molecule has 0 aromatic heterocycles. The Morgan fingerprint density at radius 2 is 2.00 bits per heavy atom. The van der Waals surface area contributed by atoms with Gasteiger partial charge in [-0.05, 0) is 39.5 Å². The zero-order valence-corrected chi connectivity index (χ0v) is 11.6. The summed E-state index contributed by atoms with van der Waals surface area (Å²) < 4.78 is 5.31.